The van der Waals surface area contributed by atoms with E-state index in [9.17, 15) is 4.79 Å². The molecule has 3 nitrogen and oxygen atoms in total. The third-order valence-electron chi connectivity index (χ3n) is 4.47. The number of benzene rings is 1. The number of carbonyl (C=O) groups excluding carboxylic acids is 1. The third kappa shape index (κ3) is 2.39. The molecule has 0 spiro atoms. The van der Waals surface area contributed by atoms with Gasteiger partial charge in [-0.2, -0.15) is 0 Å². The summed E-state index contributed by atoms with van der Waals surface area (Å²) in [6, 6.07) is 9.52. The van der Waals surface area contributed by atoms with Crippen LogP contribution in [0.5, 0.6) is 0 Å². The van der Waals surface area contributed by atoms with Crippen LogP contribution in [0.1, 0.15) is 43.4 Å². The number of nitrogens with zero attached hydrogens (tertiary/aromatic N) is 1. The fourth-order valence-electron chi connectivity index (χ4n) is 3.35. The van der Waals surface area contributed by atoms with Crippen LogP contribution in [0.4, 0.5) is 0 Å². The van der Waals surface area contributed by atoms with E-state index in [1.54, 1.807) is 0 Å². The van der Waals surface area contributed by atoms with Crippen LogP contribution in [0.2, 0.25) is 0 Å². The predicted octanol–water partition coefficient (Wildman–Crippen LogP) is 2.27. The molecule has 0 aliphatic carbocycles. The number of rotatable bonds is 2. The Bertz CT molecular complexity index is 454. The summed E-state index contributed by atoms with van der Waals surface area (Å²) < 4.78 is 0. The number of fused-ring (bicyclic) bond motifs is 1. The van der Waals surface area contributed by atoms with Crippen molar-refractivity contribution in [2.24, 2.45) is 0 Å². The lowest BCUT2D eigenvalue weighted by atomic mass is 9.88. The van der Waals surface area contributed by atoms with Crippen molar-refractivity contribution in [1.29, 1.82) is 0 Å². The highest BCUT2D eigenvalue weighted by molar-refractivity contribution is 5.79. The van der Waals surface area contributed by atoms with Crippen molar-refractivity contribution in [3.63, 3.8) is 0 Å². The Kier molecular flexibility index (Phi) is 3.56. The summed E-state index contributed by atoms with van der Waals surface area (Å²) in [4.78, 5) is 14.1. The summed E-state index contributed by atoms with van der Waals surface area (Å²) in [5.41, 5.74) is 2.69. The Hall–Kier alpha value is -1.35. The highest BCUT2D eigenvalue weighted by Gasteiger charge is 2.37. The average Bonchev–Trinajstić information content (AvgIpc) is 2.48. The standard InChI is InChI=1S/C16H22N2O/c1-2-12-6-8-13(9-7-12)16-14-5-3-4-10-18(14)15(19)11-17-16/h6-9,14,16-17H,2-5,10-11H2,1H3. The zero-order valence-corrected chi connectivity index (χ0v) is 11.6. The first kappa shape index (κ1) is 12.7. The van der Waals surface area contributed by atoms with E-state index in [0.717, 1.165) is 25.8 Å². The molecule has 2 fully saturated rings. The first-order valence-corrected chi connectivity index (χ1v) is 7.41. The first-order valence-electron chi connectivity index (χ1n) is 7.41. The zero-order chi connectivity index (χ0) is 13.2. The van der Waals surface area contributed by atoms with Gasteiger partial charge >= 0.3 is 0 Å². The van der Waals surface area contributed by atoms with E-state index in [2.05, 4.69) is 41.4 Å². The Morgan fingerprint density at radius 2 is 2.05 bits per heavy atom. The summed E-state index contributed by atoms with van der Waals surface area (Å²) in [7, 11) is 0. The largest absolute Gasteiger partial charge is 0.337 e. The molecule has 2 heterocycles. The molecule has 2 saturated heterocycles. The molecule has 0 radical (unpaired) electrons. The molecule has 3 heteroatoms. The molecule has 2 atom stereocenters. The lowest BCUT2D eigenvalue weighted by Crippen LogP contribution is -2.57. The van der Waals surface area contributed by atoms with Gasteiger partial charge in [-0.1, -0.05) is 31.2 Å². The second-order valence-corrected chi connectivity index (χ2v) is 5.60. The van der Waals surface area contributed by atoms with Crippen molar-refractivity contribution >= 4 is 5.91 Å². The van der Waals surface area contributed by atoms with Gasteiger partial charge in [0.15, 0.2) is 0 Å². The van der Waals surface area contributed by atoms with E-state index >= 15 is 0 Å². The van der Waals surface area contributed by atoms with Gasteiger partial charge in [-0.3, -0.25) is 10.1 Å². The van der Waals surface area contributed by atoms with E-state index in [1.165, 1.54) is 17.5 Å². The van der Waals surface area contributed by atoms with Crippen LogP contribution >= 0.6 is 0 Å². The van der Waals surface area contributed by atoms with Gasteiger partial charge < -0.3 is 4.90 Å². The van der Waals surface area contributed by atoms with Crippen molar-refractivity contribution < 1.29 is 4.79 Å². The minimum absolute atomic E-state index is 0.270. The van der Waals surface area contributed by atoms with Gasteiger partial charge in [0.25, 0.3) is 0 Å². The van der Waals surface area contributed by atoms with Gasteiger partial charge in [-0.15, -0.1) is 0 Å². The highest BCUT2D eigenvalue weighted by Crippen LogP contribution is 2.31. The molecule has 0 aromatic heterocycles. The number of nitrogens with one attached hydrogen (secondary N) is 1. The molecule has 102 valence electrons. The molecule has 2 aliphatic rings. The fraction of sp³-hybridized carbons (Fsp3) is 0.562. The van der Waals surface area contributed by atoms with E-state index in [1.807, 2.05) is 0 Å². The lowest BCUT2D eigenvalue weighted by molar-refractivity contribution is -0.138. The number of hydrogen-bond acceptors (Lipinski definition) is 2. The van der Waals surface area contributed by atoms with Gasteiger partial charge in [-0.05, 0) is 36.8 Å². The number of carbonyl (C=O) groups is 1. The molecule has 2 aliphatic heterocycles. The van der Waals surface area contributed by atoms with Crippen LogP contribution in [0.15, 0.2) is 24.3 Å². The van der Waals surface area contributed by atoms with Crippen LogP contribution in [0.25, 0.3) is 0 Å². The predicted molar refractivity (Wildman–Crippen MR) is 75.9 cm³/mol. The SMILES string of the molecule is CCc1ccc(C2NCC(=O)N3CCCCC23)cc1. The molecule has 1 aromatic carbocycles. The number of piperidine rings is 1. The van der Waals surface area contributed by atoms with Crippen molar-refractivity contribution in [2.75, 3.05) is 13.1 Å². The Labute approximate surface area is 115 Å². The van der Waals surface area contributed by atoms with Gasteiger partial charge in [0, 0.05) is 6.54 Å². The molecule has 19 heavy (non-hydrogen) atoms. The van der Waals surface area contributed by atoms with Gasteiger partial charge in [0.1, 0.15) is 0 Å². The second-order valence-electron chi connectivity index (χ2n) is 5.60. The molecule has 1 amide bonds. The maximum Gasteiger partial charge on any atom is 0.236 e. The van der Waals surface area contributed by atoms with Gasteiger partial charge in [0.2, 0.25) is 5.91 Å². The molecule has 1 aromatic rings. The van der Waals surface area contributed by atoms with Crippen molar-refractivity contribution in [1.82, 2.24) is 10.2 Å². The zero-order valence-electron chi connectivity index (χ0n) is 11.6. The monoisotopic (exact) mass is 258 g/mol. The maximum atomic E-state index is 12.0. The number of piperazine rings is 1. The maximum absolute atomic E-state index is 12.0. The first-order chi connectivity index (χ1) is 9.29. The summed E-state index contributed by atoms with van der Waals surface area (Å²) in [6.07, 6.45) is 4.59. The Morgan fingerprint density at radius 1 is 1.26 bits per heavy atom. The van der Waals surface area contributed by atoms with E-state index in [-0.39, 0.29) is 5.91 Å². The second kappa shape index (κ2) is 5.33. The van der Waals surface area contributed by atoms with Crippen LogP contribution in [-0.4, -0.2) is 29.9 Å². The van der Waals surface area contributed by atoms with Crippen LogP contribution in [0.3, 0.4) is 0 Å². The van der Waals surface area contributed by atoms with Crippen LogP contribution in [-0.2, 0) is 11.2 Å². The number of aryl methyl sites for hydroxylation is 1. The molecule has 0 saturated carbocycles. The lowest BCUT2D eigenvalue weighted by Gasteiger charge is -2.44. The molecular formula is C16H22N2O. The molecule has 0 bridgehead atoms. The van der Waals surface area contributed by atoms with Gasteiger partial charge in [0.05, 0.1) is 18.6 Å². The van der Waals surface area contributed by atoms with Gasteiger partial charge in [-0.25, -0.2) is 0 Å². The van der Waals surface area contributed by atoms with Crippen LogP contribution in [0, 0.1) is 0 Å². The average molecular weight is 258 g/mol. The minimum atomic E-state index is 0.270. The Morgan fingerprint density at radius 3 is 2.79 bits per heavy atom. The van der Waals surface area contributed by atoms with Crippen molar-refractivity contribution in [3.8, 4) is 0 Å². The number of hydrogen-bond donors (Lipinski definition) is 1. The summed E-state index contributed by atoms with van der Waals surface area (Å²) in [5.74, 6) is 0.270. The molecule has 3 rings (SSSR count). The fourth-order valence-corrected chi connectivity index (χ4v) is 3.35. The normalized spacial score (nSPS) is 27.2. The quantitative estimate of drug-likeness (QED) is 0.882. The van der Waals surface area contributed by atoms with Crippen molar-refractivity contribution in [3.05, 3.63) is 35.4 Å². The topological polar surface area (TPSA) is 32.3 Å². The Balaban J connectivity index is 1.84. The summed E-state index contributed by atoms with van der Waals surface area (Å²) in [5, 5.41) is 3.43. The third-order valence-corrected chi connectivity index (χ3v) is 4.47. The molecular weight excluding hydrogens is 236 g/mol. The van der Waals surface area contributed by atoms with E-state index < -0.39 is 0 Å². The highest BCUT2D eigenvalue weighted by atomic mass is 16.2. The van der Waals surface area contributed by atoms with Crippen molar-refractivity contribution in [2.45, 2.75) is 44.7 Å². The van der Waals surface area contributed by atoms with Crippen LogP contribution < -0.4 is 5.32 Å². The minimum Gasteiger partial charge on any atom is -0.337 e. The van der Waals surface area contributed by atoms with E-state index in [4.69, 9.17) is 0 Å². The smallest absolute Gasteiger partial charge is 0.236 e. The van der Waals surface area contributed by atoms with E-state index in [0.29, 0.717) is 18.6 Å². The number of amides is 1. The summed E-state index contributed by atoms with van der Waals surface area (Å²) in [6.45, 7) is 3.60. The molecule has 1 N–H and O–H groups in total. The molecule has 2 unspecified atom stereocenters. The summed E-state index contributed by atoms with van der Waals surface area (Å²) >= 11 is 0.